The maximum absolute atomic E-state index is 2.49. The molecule has 0 aliphatic rings. The van der Waals surface area contributed by atoms with Crippen LogP contribution in [0.15, 0.2) is 218 Å². The summed E-state index contributed by atoms with van der Waals surface area (Å²) in [6.07, 6.45) is 0. The van der Waals surface area contributed by atoms with Gasteiger partial charge in [-0.1, -0.05) is 158 Å². The molecular formula is C54H36N2S. The number of nitrogens with zero attached hydrogens (tertiary/aromatic N) is 2. The molecule has 268 valence electrons. The van der Waals surface area contributed by atoms with Crippen molar-refractivity contribution in [2.45, 2.75) is 0 Å². The van der Waals surface area contributed by atoms with Gasteiger partial charge >= 0.3 is 0 Å². The van der Waals surface area contributed by atoms with Crippen LogP contribution in [0.25, 0.3) is 81.2 Å². The van der Waals surface area contributed by atoms with Crippen molar-refractivity contribution in [3.63, 3.8) is 0 Å². The van der Waals surface area contributed by atoms with Crippen LogP contribution < -0.4 is 4.90 Å². The minimum atomic E-state index is 1.11. The lowest BCUT2D eigenvalue weighted by Gasteiger charge is -2.26. The highest BCUT2D eigenvalue weighted by molar-refractivity contribution is 7.24. The summed E-state index contributed by atoms with van der Waals surface area (Å²) >= 11 is 1.88. The average molecular weight is 745 g/mol. The first-order valence-electron chi connectivity index (χ1n) is 19.4. The van der Waals surface area contributed by atoms with E-state index >= 15 is 0 Å². The molecule has 0 aliphatic carbocycles. The molecule has 57 heavy (non-hydrogen) atoms. The first-order chi connectivity index (χ1) is 28.2. The normalized spacial score (nSPS) is 11.5. The topological polar surface area (TPSA) is 7.65 Å². The van der Waals surface area contributed by atoms with Gasteiger partial charge in [0.25, 0.3) is 0 Å². The fraction of sp³-hybridized carbons (Fsp3) is 0. The van der Waals surface area contributed by atoms with E-state index in [2.05, 4.69) is 228 Å². The molecule has 0 unspecified atom stereocenters. The predicted octanol–water partition coefficient (Wildman–Crippen LogP) is 15.6. The van der Waals surface area contributed by atoms with Crippen LogP contribution in [0, 0.1) is 0 Å². The van der Waals surface area contributed by atoms with Gasteiger partial charge in [-0.05, 0) is 110 Å². The first kappa shape index (κ1) is 33.2. The molecule has 3 heteroatoms. The lowest BCUT2D eigenvalue weighted by molar-refractivity contribution is 1.28. The number of fused-ring (bicyclic) bond motifs is 6. The van der Waals surface area contributed by atoms with Crippen LogP contribution in [-0.2, 0) is 0 Å². The van der Waals surface area contributed by atoms with E-state index in [9.17, 15) is 0 Å². The quantitative estimate of drug-likeness (QED) is 0.158. The first-order valence-corrected chi connectivity index (χ1v) is 20.2. The SMILES string of the molecule is c1ccc(-c2ccc(N(c3ccc(-c4ccccc4)cc3)c3ccc(-c4ccc5sc6c(-c7ccccc7)c7cc8ccccc8cc7n6c5c4)cc3)cc2)cc1. The highest BCUT2D eigenvalue weighted by Crippen LogP contribution is 2.44. The summed E-state index contributed by atoms with van der Waals surface area (Å²) in [7, 11) is 0. The summed E-state index contributed by atoms with van der Waals surface area (Å²) in [5.74, 6) is 0. The number of benzene rings is 9. The number of anilines is 3. The van der Waals surface area contributed by atoms with Gasteiger partial charge in [0.2, 0.25) is 0 Å². The monoisotopic (exact) mass is 744 g/mol. The second kappa shape index (κ2) is 13.8. The summed E-state index contributed by atoms with van der Waals surface area (Å²) in [4.78, 5) is 3.63. The molecule has 2 nitrogen and oxygen atoms in total. The fourth-order valence-electron chi connectivity index (χ4n) is 8.35. The molecule has 9 aromatic carbocycles. The van der Waals surface area contributed by atoms with Crippen LogP contribution in [0.5, 0.6) is 0 Å². The zero-order chi connectivity index (χ0) is 37.7. The van der Waals surface area contributed by atoms with E-state index in [0.717, 1.165) is 17.1 Å². The summed E-state index contributed by atoms with van der Waals surface area (Å²) in [6.45, 7) is 0. The standard InChI is InChI=1S/C54H36N2S/c1-4-12-37(13-5-1)39-20-27-46(28-21-39)55(47-29-22-40(23-30-47)38-14-6-2-7-15-38)48-31-24-41(25-32-48)45-26-33-52-51(36-45)56-50-35-44-19-11-10-18-43(44)34-49(50)53(54(56)57-52)42-16-8-3-9-17-42/h1-36H. The smallest absolute Gasteiger partial charge is 0.109 e. The third-order valence-corrected chi connectivity index (χ3v) is 12.3. The van der Waals surface area contributed by atoms with E-state index in [-0.39, 0.29) is 0 Å². The van der Waals surface area contributed by atoms with Crippen molar-refractivity contribution in [2.75, 3.05) is 4.90 Å². The Hall–Kier alpha value is -7.20. The van der Waals surface area contributed by atoms with Gasteiger partial charge in [0.1, 0.15) is 4.83 Å². The van der Waals surface area contributed by atoms with Crippen LogP contribution in [0.3, 0.4) is 0 Å². The highest BCUT2D eigenvalue weighted by Gasteiger charge is 2.20. The Balaban J connectivity index is 1.01. The molecule has 11 aromatic rings. The molecule has 0 aliphatic heterocycles. The fourth-order valence-corrected chi connectivity index (χ4v) is 9.57. The van der Waals surface area contributed by atoms with Crippen molar-refractivity contribution in [1.29, 1.82) is 0 Å². The van der Waals surface area contributed by atoms with E-state index in [1.165, 1.54) is 81.2 Å². The highest BCUT2D eigenvalue weighted by atomic mass is 32.1. The van der Waals surface area contributed by atoms with Gasteiger partial charge in [-0.15, -0.1) is 11.3 Å². The maximum Gasteiger partial charge on any atom is 0.109 e. The van der Waals surface area contributed by atoms with Crippen molar-refractivity contribution in [3.05, 3.63) is 218 Å². The molecule has 0 N–H and O–H groups in total. The predicted molar refractivity (Wildman–Crippen MR) is 244 cm³/mol. The average Bonchev–Trinajstić information content (AvgIpc) is 3.81. The largest absolute Gasteiger partial charge is 0.311 e. The minimum Gasteiger partial charge on any atom is -0.311 e. The second-order valence-corrected chi connectivity index (χ2v) is 15.6. The molecule has 11 rings (SSSR count). The molecule has 0 saturated heterocycles. The lowest BCUT2D eigenvalue weighted by Crippen LogP contribution is -2.09. The Morgan fingerprint density at radius 1 is 0.333 bits per heavy atom. The van der Waals surface area contributed by atoms with Gasteiger partial charge in [0.15, 0.2) is 0 Å². The van der Waals surface area contributed by atoms with E-state index in [4.69, 9.17) is 0 Å². The third kappa shape index (κ3) is 5.88. The number of aromatic nitrogens is 1. The molecule has 0 amide bonds. The number of thiazole rings is 1. The minimum absolute atomic E-state index is 1.11. The molecule has 0 saturated carbocycles. The maximum atomic E-state index is 2.49. The third-order valence-electron chi connectivity index (χ3n) is 11.2. The Labute approximate surface area is 335 Å². The Kier molecular flexibility index (Phi) is 8.04. The van der Waals surface area contributed by atoms with Crippen LogP contribution in [-0.4, -0.2) is 4.40 Å². The van der Waals surface area contributed by atoms with Gasteiger partial charge in [-0.2, -0.15) is 0 Å². The summed E-state index contributed by atoms with van der Waals surface area (Å²) in [5.41, 5.74) is 15.6. The van der Waals surface area contributed by atoms with Crippen molar-refractivity contribution >= 4 is 65.1 Å². The van der Waals surface area contributed by atoms with E-state index in [1.54, 1.807) is 0 Å². The van der Waals surface area contributed by atoms with Gasteiger partial charge in [0, 0.05) is 28.0 Å². The second-order valence-electron chi connectivity index (χ2n) is 14.6. The molecule has 0 spiro atoms. The zero-order valence-electron chi connectivity index (χ0n) is 31.1. The van der Waals surface area contributed by atoms with Crippen LogP contribution in [0.2, 0.25) is 0 Å². The van der Waals surface area contributed by atoms with Gasteiger partial charge < -0.3 is 4.90 Å². The van der Waals surface area contributed by atoms with Gasteiger partial charge in [-0.25, -0.2) is 0 Å². The summed E-state index contributed by atoms with van der Waals surface area (Å²) in [6, 6.07) is 79.2. The van der Waals surface area contributed by atoms with Crippen molar-refractivity contribution in [1.82, 2.24) is 4.40 Å². The lowest BCUT2D eigenvalue weighted by atomic mass is 10.0. The number of hydrogen-bond donors (Lipinski definition) is 0. The van der Waals surface area contributed by atoms with E-state index < -0.39 is 0 Å². The Bertz CT molecular complexity index is 3100. The van der Waals surface area contributed by atoms with Crippen molar-refractivity contribution < 1.29 is 0 Å². The Morgan fingerprint density at radius 3 is 1.28 bits per heavy atom. The molecule has 0 atom stereocenters. The zero-order valence-corrected chi connectivity index (χ0v) is 31.9. The number of rotatable bonds is 7. The van der Waals surface area contributed by atoms with Gasteiger partial charge in [0.05, 0.1) is 15.7 Å². The molecule has 0 bridgehead atoms. The van der Waals surface area contributed by atoms with Crippen LogP contribution in [0.1, 0.15) is 0 Å². The molecule has 2 aromatic heterocycles. The summed E-state index contributed by atoms with van der Waals surface area (Å²) < 4.78 is 3.77. The molecule has 2 heterocycles. The molecular weight excluding hydrogens is 709 g/mol. The summed E-state index contributed by atoms with van der Waals surface area (Å²) in [5, 5.41) is 3.81. The molecule has 0 radical (unpaired) electrons. The van der Waals surface area contributed by atoms with E-state index in [1.807, 2.05) is 11.3 Å². The number of hydrogen-bond acceptors (Lipinski definition) is 2. The van der Waals surface area contributed by atoms with Gasteiger partial charge in [-0.3, -0.25) is 4.40 Å². The van der Waals surface area contributed by atoms with Crippen LogP contribution in [0.4, 0.5) is 17.1 Å². The molecule has 0 fully saturated rings. The van der Waals surface area contributed by atoms with Crippen molar-refractivity contribution in [3.8, 4) is 44.5 Å². The van der Waals surface area contributed by atoms with Crippen LogP contribution >= 0.6 is 11.3 Å². The Morgan fingerprint density at radius 2 is 0.754 bits per heavy atom. The van der Waals surface area contributed by atoms with Crippen molar-refractivity contribution in [2.24, 2.45) is 0 Å². The van der Waals surface area contributed by atoms with E-state index in [0.29, 0.717) is 0 Å².